The van der Waals surface area contributed by atoms with Crippen molar-refractivity contribution in [2.45, 2.75) is 4.17 Å². The summed E-state index contributed by atoms with van der Waals surface area (Å²) in [5.41, 5.74) is 1.19. The van der Waals surface area contributed by atoms with E-state index in [0.717, 1.165) is 5.82 Å². The maximum absolute atomic E-state index is 4.31. The molecule has 1 aliphatic heterocycles. The summed E-state index contributed by atoms with van der Waals surface area (Å²) in [7, 11) is 0. The molecule has 1 aliphatic rings. The molecule has 0 amide bonds. The first-order valence-electron chi connectivity index (χ1n) is 3.21. The van der Waals surface area contributed by atoms with Crippen LogP contribution in [0.25, 0.3) is 0 Å². The van der Waals surface area contributed by atoms with Crippen molar-refractivity contribution in [3.63, 3.8) is 0 Å². The SMILES string of the molecule is IC1N(I)c2cccnc2N1I. The summed E-state index contributed by atoms with van der Waals surface area (Å²) in [5, 5.41) is 0. The highest BCUT2D eigenvalue weighted by Crippen LogP contribution is 2.44. The number of alkyl halides is 1. The predicted molar refractivity (Wildman–Crippen MR) is 75.0 cm³/mol. The zero-order valence-corrected chi connectivity index (χ0v) is 12.3. The zero-order valence-electron chi connectivity index (χ0n) is 5.78. The van der Waals surface area contributed by atoms with Crippen LogP contribution in [-0.2, 0) is 0 Å². The van der Waals surface area contributed by atoms with Crippen LogP contribution >= 0.6 is 68.3 Å². The normalized spacial score (nSPS) is 21.4. The van der Waals surface area contributed by atoms with Gasteiger partial charge >= 0.3 is 0 Å². The van der Waals surface area contributed by atoms with Crippen molar-refractivity contribution in [3.8, 4) is 0 Å². The molecule has 0 saturated carbocycles. The lowest BCUT2D eigenvalue weighted by Crippen LogP contribution is -2.24. The molecule has 1 aromatic heterocycles. The van der Waals surface area contributed by atoms with Gasteiger partial charge in [-0.2, -0.15) is 0 Å². The van der Waals surface area contributed by atoms with Gasteiger partial charge in [-0.1, -0.05) is 0 Å². The number of nitrogens with zero attached hydrogens (tertiary/aromatic N) is 3. The van der Waals surface area contributed by atoms with Crippen LogP contribution in [0.4, 0.5) is 11.5 Å². The van der Waals surface area contributed by atoms with E-state index in [4.69, 9.17) is 0 Å². The molecule has 1 atom stereocenters. The third kappa shape index (κ3) is 1.38. The number of rotatable bonds is 0. The van der Waals surface area contributed by atoms with Gasteiger partial charge < -0.3 is 0 Å². The average molecular weight is 499 g/mol. The van der Waals surface area contributed by atoms with Crippen molar-refractivity contribution in [1.82, 2.24) is 4.98 Å². The molecular weight excluding hydrogens is 495 g/mol. The van der Waals surface area contributed by atoms with Gasteiger partial charge in [-0.3, -0.25) is 6.23 Å². The van der Waals surface area contributed by atoms with Crippen molar-refractivity contribution in [1.29, 1.82) is 0 Å². The van der Waals surface area contributed by atoms with E-state index in [9.17, 15) is 0 Å². The molecule has 2 heterocycles. The van der Waals surface area contributed by atoms with Gasteiger partial charge in [0.25, 0.3) is 0 Å². The molecule has 0 radical (unpaired) electrons. The number of hydrogen-bond donors (Lipinski definition) is 0. The molecular formula is C6H4I3N3. The summed E-state index contributed by atoms with van der Waals surface area (Å²) in [6.07, 6.45) is 1.82. The minimum absolute atomic E-state index is 0.355. The van der Waals surface area contributed by atoms with E-state index in [1.54, 1.807) is 0 Å². The number of aromatic nitrogens is 1. The zero-order chi connectivity index (χ0) is 8.72. The van der Waals surface area contributed by atoms with Gasteiger partial charge in [0.15, 0.2) is 9.99 Å². The van der Waals surface area contributed by atoms with E-state index < -0.39 is 0 Å². The lowest BCUT2D eigenvalue weighted by atomic mass is 10.4. The molecule has 0 saturated heterocycles. The lowest BCUT2D eigenvalue weighted by Gasteiger charge is -2.16. The van der Waals surface area contributed by atoms with E-state index in [-0.39, 0.29) is 0 Å². The highest BCUT2D eigenvalue weighted by atomic mass is 127. The first-order valence-corrected chi connectivity index (χ1v) is 6.38. The highest BCUT2D eigenvalue weighted by Gasteiger charge is 2.32. The number of pyridine rings is 1. The van der Waals surface area contributed by atoms with Crippen molar-refractivity contribution >= 4 is 79.8 Å². The quantitative estimate of drug-likeness (QED) is 0.237. The maximum Gasteiger partial charge on any atom is 0.173 e. The third-order valence-corrected chi connectivity index (χ3v) is 6.85. The topological polar surface area (TPSA) is 19.4 Å². The van der Waals surface area contributed by atoms with Gasteiger partial charge in [0.05, 0.1) is 51.4 Å². The van der Waals surface area contributed by atoms with Crippen LogP contribution in [-0.4, -0.2) is 9.16 Å². The maximum atomic E-state index is 4.31. The molecule has 0 spiro atoms. The lowest BCUT2D eigenvalue weighted by molar-refractivity contribution is 1.12. The van der Waals surface area contributed by atoms with Gasteiger partial charge in [-0.15, -0.1) is 0 Å². The summed E-state index contributed by atoms with van der Waals surface area (Å²) < 4.78 is 4.65. The third-order valence-electron chi connectivity index (χ3n) is 1.57. The summed E-state index contributed by atoms with van der Waals surface area (Å²) >= 11 is 6.96. The van der Waals surface area contributed by atoms with E-state index in [0.29, 0.717) is 4.17 Å². The molecule has 3 nitrogen and oxygen atoms in total. The highest BCUT2D eigenvalue weighted by molar-refractivity contribution is 14.1. The smallest absolute Gasteiger partial charge is 0.173 e. The van der Waals surface area contributed by atoms with Crippen LogP contribution in [0.2, 0.25) is 0 Å². The van der Waals surface area contributed by atoms with Crippen molar-refractivity contribution in [2.75, 3.05) is 6.23 Å². The Morgan fingerprint density at radius 2 is 2.08 bits per heavy atom. The Labute approximate surface area is 112 Å². The second kappa shape index (κ2) is 3.59. The molecule has 0 N–H and O–H groups in total. The minimum Gasteiger partial charge on any atom is -0.280 e. The van der Waals surface area contributed by atoms with Crippen LogP contribution in [0.1, 0.15) is 0 Å². The Balaban J connectivity index is 2.52. The summed E-state index contributed by atoms with van der Waals surface area (Å²) in [5.74, 6) is 1.05. The van der Waals surface area contributed by atoms with Crippen LogP contribution in [0.15, 0.2) is 18.3 Å². The Bertz CT molecular complexity index is 277. The van der Waals surface area contributed by atoms with Crippen LogP contribution in [0.5, 0.6) is 0 Å². The van der Waals surface area contributed by atoms with Gasteiger partial charge in [0.1, 0.15) is 0 Å². The predicted octanol–water partition coefficient (Wildman–Crippen LogP) is 3.13. The molecule has 0 fully saturated rings. The molecule has 1 aromatic rings. The van der Waals surface area contributed by atoms with Crippen LogP contribution in [0, 0.1) is 0 Å². The van der Waals surface area contributed by atoms with Gasteiger partial charge in [-0.05, 0) is 34.7 Å². The second-order valence-electron chi connectivity index (χ2n) is 2.28. The number of hydrogen-bond acceptors (Lipinski definition) is 3. The number of halogens is 3. The fourth-order valence-corrected chi connectivity index (χ4v) is 3.31. The van der Waals surface area contributed by atoms with Gasteiger partial charge in [0, 0.05) is 6.20 Å². The Morgan fingerprint density at radius 1 is 1.33 bits per heavy atom. The largest absolute Gasteiger partial charge is 0.280 e. The molecule has 6 heteroatoms. The summed E-state index contributed by atoms with van der Waals surface area (Å²) in [4.78, 5) is 4.31. The Kier molecular flexibility index (Phi) is 2.84. The fourth-order valence-electron chi connectivity index (χ4n) is 1.02. The Morgan fingerprint density at radius 3 is 2.75 bits per heavy atom. The molecule has 0 aliphatic carbocycles. The molecule has 64 valence electrons. The molecule has 1 unspecified atom stereocenters. The summed E-state index contributed by atoms with van der Waals surface area (Å²) in [6.45, 7) is 0. The first-order chi connectivity index (χ1) is 5.72. The van der Waals surface area contributed by atoms with Crippen molar-refractivity contribution in [2.24, 2.45) is 0 Å². The average Bonchev–Trinajstić information content (AvgIpc) is 2.33. The van der Waals surface area contributed by atoms with E-state index in [1.165, 1.54) is 5.69 Å². The number of fused-ring (bicyclic) bond motifs is 1. The fraction of sp³-hybridized carbons (Fsp3) is 0.167. The van der Waals surface area contributed by atoms with E-state index in [1.807, 2.05) is 12.3 Å². The molecule has 12 heavy (non-hydrogen) atoms. The van der Waals surface area contributed by atoms with E-state index >= 15 is 0 Å². The number of anilines is 2. The van der Waals surface area contributed by atoms with Crippen LogP contribution in [0.3, 0.4) is 0 Å². The van der Waals surface area contributed by atoms with Gasteiger partial charge in [-0.25, -0.2) is 4.98 Å². The molecule has 2 rings (SSSR count). The van der Waals surface area contributed by atoms with Crippen LogP contribution < -0.4 is 6.23 Å². The Hall–Kier alpha value is 0.940. The second-order valence-corrected chi connectivity index (χ2v) is 5.47. The van der Waals surface area contributed by atoms with Gasteiger partial charge in [0.2, 0.25) is 0 Å². The van der Waals surface area contributed by atoms with Crippen molar-refractivity contribution < 1.29 is 0 Å². The summed E-state index contributed by atoms with van der Waals surface area (Å²) in [6, 6.07) is 4.04. The standard InChI is InChI=1S/C6H4I3N3/c7-6-11(8)4-2-1-3-10-5(4)12(6)9/h1-3,6H. The molecule has 0 bridgehead atoms. The monoisotopic (exact) mass is 499 g/mol. The van der Waals surface area contributed by atoms with E-state index in [2.05, 4.69) is 85.6 Å². The first kappa shape index (κ1) is 9.49. The minimum atomic E-state index is 0.355. The molecule has 0 aromatic carbocycles. The van der Waals surface area contributed by atoms with Crippen molar-refractivity contribution in [3.05, 3.63) is 18.3 Å².